The fourth-order valence-corrected chi connectivity index (χ4v) is 4.07. The van der Waals surface area contributed by atoms with Gasteiger partial charge in [-0.05, 0) is 31.7 Å². The summed E-state index contributed by atoms with van der Waals surface area (Å²) in [6, 6.07) is 3.64. The van der Waals surface area contributed by atoms with Crippen LogP contribution >= 0.6 is 34.8 Å². The number of ether oxygens (including phenoxy) is 2. The van der Waals surface area contributed by atoms with Crippen molar-refractivity contribution in [3.8, 4) is 22.9 Å². The van der Waals surface area contributed by atoms with Gasteiger partial charge in [0.15, 0.2) is 5.82 Å². The zero-order valence-corrected chi connectivity index (χ0v) is 18.4. The standard InChI is InChI=1S/C20H19Cl3N4O2/c1-9(10-4-5-10)25-19-11-6-15(21)24-8-12(11)26-20(27-19)16-17(22)13(28-2)7-14(29-3)18(16)23/h6-10H,4-5H2,1-3H3,(H,25,26,27)/t9-/m0/s1. The van der Waals surface area contributed by atoms with E-state index in [9.17, 15) is 0 Å². The summed E-state index contributed by atoms with van der Waals surface area (Å²) in [4.78, 5) is 13.5. The zero-order valence-electron chi connectivity index (χ0n) is 16.1. The molecule has 1 aromatic carbocycles. The van der Waals surface area contributed by atoms with Crippen LogP contribution in [0, 0.1) is 5.92 Å². The van der Waals surface area contributed by atoms with Gasteiger partial charge < -0.3 is 14.8 Å². The minimum Gasteiger partial charge on any atom is -0.495 e. The van der Waals surface area contributed by atoms with Gasteiger partial charge in [-0.1, -0.05) is 34.8 Å². The number of anilines is 1. The fourth-order valence-electron chi connectivity index (χ4n) is 3.24. The molecule has 1 N–H and O–H groups in total. The first-order valence-corrected chi connectivity index (χ1v) is 10.3. The second-order valence-corrected chi connectivity index (χ2v) is 8.12. The first-order valence-electron chi connectivity index (χ1n) is 9.13. The number of methoxy groups -OCH3 is 2. The molecule has 1 aliphatic carbocycles. The van der Waals surface area contributed by atoms with Gasteiger partial charge in [-0.3, -0.25) is 0 Å². The van der Waals surface area contributed by atoms with Crippen LogP contribution in [0.25, 0.3) is 22.3 Å². The van der Waals surface area contributed by atoms with Crippen molar-refractivity contribution in [2.24, 2.45) is 5.92 Å². The minimum absolute atomic E-state index is 0.263. The molecule has 1 aliphatic rings. The van der Waals surface area contributed by atoms with Crippen molar-refractivity contribution < 1.29 is 9.47 Å². The lowest BCUT2D eigenvalue weighted by Gasteiger charge is -2.18. The van der Waals surface area contributed by atoms with Gasteiger partial charge in [-0.25, -0.2) is 15.0 Å². The van der Waals surface area contributed by atoms with E-state index >= 15 is 0 Å². The van der Waals surface area contributed by atoms with Crippen molar-refractivity contribution in [3.05, 3.63) is 33.5 Å². The number of hydrogen-bond donors (Lipinski definition) is 1. The van der Waals surface area contributed by atoms with Gasteiger partial charge in [0.2, 0.25) is 0 Å². The average Bonchev–Trinajstić information content (AvgIpc) is 3.54. The third-order valence-electron chi connectivity index (χ3n) is 5.04. The Morgan fingerprint density at radius 1 is 1.03 bits per heavy atom. The number of benzene rings is 1. The molecule has 3 aromatic rings. The van der Waals surface area contributed by atoms with Gasteiger partial charge in [0.05, 0.1) is 41.5 Å². The lowest BCUT2D eigenvalue weighted by molar-refractivity contribution is 0.395. The first-order chi connectivity index (χ1) is 13.9. The Morgan fingerprint density at radius 3 is 2.28 bits per heavy atom. The second kappa shape index (κ2) is 8.01. The van der Waals surface area contributed by atoms with Gasteiger partial charge in [0, 0.05) is 17.5 Å². The van der Waals surface area contributed by atoms with Crippen molar-refractivity contribution in [3.63, 3.8) is 0 Å². The number of nitrogens with zero attached hydrogens (tertiary/aromatic N) is 3. The Labute approximate surface area is 183 Å². The molecule has 1 atom stereocenters. The van der Waals surface area contributed by atoms with Crippen LogP contribution in [0.1, 0.15) is 19.8 Å². The smallest absolute Gasteiger partial charge is 0.165 e. The van der Waals surface area contributed by atoms with E-state index in [0.717, 1.165) is 5.39 Å². The van der Waals surface area contributed by atoms with E-state index in [0.29, 0.717) is 55.3 Å². The van der Waals surface area contributed by atoms with Crippen molar-refractivity contribution >= 4 is 51.5 Å². The van der Waals surface area contributed by atoms with Crippen LogP contribution in [0.5, 0.6) is 11.5 Å². The molecule has 0 unspecified atom stereocenters. The molecule has 2 aromatic heterocycles. The minimum atomic E-state index is 0.263. The summed E-state index contributed by atoms with van der Waals surface area (Å²) in [6.07, 6.45) is 4.02. The largest absolute Gasteiger partial charge is 0.495 e. The molecule has 0 amide bonds. The molecule has 0 saturated heterocycles. The number of pyridine rings is 1. The summed E-state index contributed by atoms with van der Waals surface area (Å²) in [5.74, 6) is 2.47. The average molecular weight is 454 g/mol. The third kappa shape index (κ3) is 3.89. The molecule has 6 nitrogen and oxygen atoms in total. The van der Waals surface area contributed by atoms with Crippen molar-refractivity contribution in [1.82, 2.24) is 15.0 Å². The summed E-state index contributed by atoms with van der Waals surface area (Å²) in [5, 5.41) is 5.26. The molecule has 1 saturated carbocycles. The summed E-state index contributed by atoms with van der Waals surface area (Å²) in [6.45, 7) is 2.14. The monoisotopic (exact) mass is 452 g/mol. The van der Waals surface area contributed by atoms with E-state index in [1.54, 1.807) is 18.3 Å². The number of halogens is 3. The highest BCUT2D eigenvalue weighted by Crippen LogP contribution is 2.45. The third-order valence-corrected chi connectivity index (χ3v) is 6.00. The summed E-state index contributed by atoms with van der Waals surface area (Å²) in [5.41, 5.74) is 1.06. The number of hydrogen-bond acceptors (Lipinski definition) is 6. The van der Waals surface area contributed by atoms with Crippen LogP contribution in [0.2, 0.25) is 15.2 Å². The van der Waals surface area contributed by atoms with Crippen LogP contribution in [-0.2, 0) is 0 Å². The second-order valence-electron chi connectivity index (χ2n) is 6.97. The fraction of sp³-hybridized carbons (Fsp3) is 0.350. The molecule has 0 aliphatic heterocycles. The molecule has 0 bridgehead atoms. The molecule has 9 heteroatoms. The lowest BCUT2D eigenvalue weighted by Crippen LogP contribution is -2.18. The Bertz CT molecular complexity index is 1060. The Morgan fingerprint density at radius 2 is 1.69 bits per heavy atom. The Hall–Kier alpha value is -2.02. The normalized spacial score (nSPS) is 14.7. The zero-order chi connectivity index (χ0) is 20.7. The van der Waals surface area contributed by atoms with Crippen LogP contribution in [0.4, 0.5) is 5.82 Å². The molecule has 0 spiro atoms. The number of nitrogens with one attached hydrogen (secondary N) is 1. The maximum atomic E-state index is 6.57. The molecule has 2 heterocycles. The van der Waals surface area contributed by atoms with Gasteiger partial charge in [-0.2, -0.15) is 0 Å². The maximum Gasteiger partial charge on any atom is 0.165 e. The topological polar surface area (TPSA) is 69.2 Å². The van der Waals surface area contributed by atoms with Crippen LogP contribution < -0.4 is 14.8 Å². The molecule has 4 rings (SSSR count). The number of aromatic nitrogens is 3. The SMILES string of the molecule is COc1cc(OC)c(Cl)c(-c2nc(N[C@@H](C)C3CC3)c3cc(Cl)ncc3n2)c1Cl. The summed E-state index contributed by atoms with van der Waals surface area (Å²) in [7, 11) is 3.05. The van der Waals surface area contributed by atoms with Crippen LogP contribution in [-0.4, -0.2) is 35.2 Å². The highest BCUT2D eigenvalue weighted by Gasteiger charge is 2.29. The van der Waals surface area contributed by atoms with Crippen molar-refractivity contribution in [1.29, 1.82) is 0 Å². The van der Waals surface area contributed by atoms with E-state index in [2.05, 4.69) is 22.2 Å². The quantitative estimate of drug-likeness (QED) is 0.470. The predicted octanol–water partition coefficient (Wildman–Crippen LogP) is 5.88. The highest BCUT2D eigenvalue weighted by molar-refractivity contribution is 6.41. The van der Waals surface area contributed by atoms with Gasteiger partial charge >= 0.3 is 0 Å². The maximum absolute atomic E-state index is 6.57. The highest BCUT2D eigenvalue weighted by atomic mass is 35.5. The van der Waals surface area contributed by atoms with Gasteiger partial charge in [-0.15, -0.1) is 0 Å². The Balaban J connectivity index is 1.94. The molecular weight excluding hydrogens is 435 g/mol. The molecule has 29 heavy (non-hydrogen) atoms. The van der Waals surface area contributed by atoms with Crippen molar-refractivity contribution in [2.75, 3.05) is 19.5 Å². The number of fused-ring (bicyclic) bond motifs is 1. The summed E-state index contributed by atoms with van der Waals surface area (Å²) >= 11 is 19.3. The number of rotatable bonds is 6. The van der Waals surface area contributed by atoms with E-state index in [1.807, 2.05) is 0 Å². The van der Waals surface area contributed by atoms with Crippen LogP contribution in [0.3, 0.4) is 0 Å². The first kappa shape index (κ1) is 20.3. The lowest BCUT2D eigenvalue weighted by atomic mass is 10.1. The van der Waals surface area contributed by atoms with Gasteiger partial charge in [0.25, 0.3) is 0 Å². The van der Waals surface area contributed by atoms with Crippen molar-refractivity contribution in [2.45, 2.75) is 25.8 Å². The molecule has 152 valence electrons. The summed E-state index contributed by atoms with van der Waals surface area (Å²) < 4.78 is 10.7. The molecular formula is C20H19Cl3N4O2. The van der Waals surface area contributed by atoms with Gasteiger partial charge in [0.1, 0.15) is 22.5 Å². The van der Waals surface area contributed by atoms with Crippen LogP contribution in [0.15, 0.2) is 18.3 Å². The molecule has 1 fully saturated rings. The van der Waals surface area contributed by atoms with E-state index in [1.165, 1.54) is 27.1 Å². The van der Waals surface area contributed by atoms with E-state index < -0.39 is 0 Å². The Kier molecular flexibility index (Phi) is 5.60. The molecule has 0 radical (unpaired) electrons. The van der Waals surface area contributed by atoms with E-state index in [4.69, 9.17) is 49.3 Å². The predicted molar refractivity (Wildman–Crippen MR) is 117 cm³/mol. The van der Waals surface area contributed by atoms with E-state index in [-0.39, 0.29) is 6.04 Å².